The Morgan fingerprint density at radius 3 is 2.35 bits per heavy atom. The number of benzene rings is 2. The minimum Gasteiger partial charge on any atom is -0.324 e. The molecule has 2 N–H and O–H groups in total. The van der Waals surface area contributed by atoms with Gasteiger partial charge in [-0.15, -0.1) is 0 Å². The Kier molecular flexibility index (Phi) is 4.95. The average molecular weight is 336 g/mol. The highest BCUT2D eigenvalue weighted by atomic mass is 79.9. The zero-order valence-electron chi connectivity index (χ0n) is 11.7. The molecule has 20 heavy (non-hydrogen) atoms. The summed E-state index contributed by atoms with van der Waals surface area (Å²) in [6.07, 6.45) is 0.695. The highest BCUT2D eigenvalue weighted by molar-refractivity contribution is 9.10. The predicted octanol–water partition coefficient (Wildman–Crippen LogP) is 4.95. The van der Waals surface area contributed by atoms with Gasteiger partial charge in [-0.2, -0.15) is 0 Å². The maximum atomic E-state index is 13.3. The van der Waals surface area contributed by atoms with E-state index in [4.69, 9.17) is 5.73 Å². The Morgan fingerprint density at radius 1 is 1.10 bits per heavy atom. The molecule has 0 aromatic heterocycles. The molecule has 2 rings (SSSR count). The maximum absolute atomic E-state index is 13.3. The van der Waals surface area contributed by atoms with Crippen molar-refractivity contribution in [2.45, 2.75) is 32.2 Å². The second-order valence-electron chi connectivity index (χ2n) is 5.37. The van der Waals surface area contributed by atoms with Crippen LogP contribution in [0.4, 0.5) is 4.39 Å². The summed E-state index contributed by atoms with van der Waals surface area (Å²) in [4.78, 5) is 0. The fraction of sp³-hybridized carbons (Fsp3) is 0.294. The first kappa shape index (κ1) is 15.2. The second kappa shape index (κ2) is 6.51. The summed E-state index contributed by atoms with van der Waals surface area (Å²) in [6.45, 7) is 4.34. The number of nitrogens with two attached hydrogens (primary N) is 1. The van der Waals surface area contributed by atoms with Crippen molar-refractivity contribution in [3.8, 4) is 0 Å². The zero-order valence-corrected chi connectivity index (χ0v) is 13.3. The number of halogens is 2. The van der Waals surface area contributed by atoms with Crippen molar-refractivity contribution in [1.82, 2.24) is 0 Å². The van der Waals surface area contributed by atoms with Crippen LogP contribution in [0, 0.1) is 5.82 Å². The molecule has 1 nitrogen and oxygen atoms in total. The fourth-order valence-electron chi connectivity index (χ4n) is 2.20. The molecule has 3 heteroatoms. The molecular weight excluding hydrogens is 317 g/mol. The molecule has 1 unspecified atom stereocenters. The largest absolute Gasteiger partial charge is 0.324 e. The lowest BCUT2D eigenvalue weighted by atomic mass is 9.96. The van der Waals surface area contributed by atoms with Gasteiger partial charge in [-0.1, -0.05) is 54.0 Å². The van der Waals surface area contributed by atoms with Crippen LogP contribution in [0.2, 0.25) is 0 Å². The zero-order chi connectivity index (χ0) is 14.7. The fourth-order valence-corrected chi connectivity index (χ4v) is 2.74. The van der Waals surface area contributed by atoms with E-state index < -0.39 is 0 Å². The Bertz CT molecular complexity index is 578. The monoisotopic (exact) mass is 335 g/mol. The highest BCUT2D eigenvalue weighted by Crippen LogP contribution is 2.26. The maximum Gasteiger partial charge on any atom is 0.123 e. The molecule has 0 radical (unpaired) electrons. The van der Waals surface area contributed by atoms with Gasteiger partial charge in [-0.25, -0.2) is 4.39 Å². The van der Waals surface area contributed by atoms with Crippen molar-refractivity contribution in [1.29, 1.82) is 0 Å². The van der Waals surface area contributed by atoms with Gasteiger partial charge in [-0.05, 0) is 47.2 Å². The van der Waals surface area contributed by atoms with Crippen LogP contribution < -0.4 is 5.73 Å². The first-order chi connectivity index (χ1) is 9.47. The van der Waals surface area contributed by atoms with Crippen molar-refractivity contribution in [3.63, 3.8) is 0 Å². The quantitative estimate of drug-likeness (QED) is 0.840. The van der Waals surface area contributed by atoms with E-state index in [1.54, 1.807) is 6.07 Å². The van der Waals surface area contributed by atoms with E-state index in [0.717, 1.165) is 15.6 Å². The number of rotatable bonds is 4. The van der Waals surface area contributed by atoms with Gasteiger partial charge >= 0.3 is 0 Å². The lowest BCUT2D eigenvalue weighted by Crippen LogP contribution is -2.14. The molecule has 0 heterocycles. The molecule has 0 saturated carbocycles. The lowest BCUT2D eigenvalue weighted by Gasteiger charge is -2.15. The Hall–Kier alpha value is -1.19. The van der Waals surface area contributed by atoms with Crippen LogP contribution >= 0.6 is 15.9 Å². The van der Waals surface area contributed by atoms with Gasteiger partial charge in [0, 0.05) is 10.5 Å². The van der Waals surface area contributed by atoms with Gasteiger partial charge in [0.2, 0.25) is 0 Å². The molecule has 2 aromatic rings. The summed E-state index contributed by atoms with van der Waals surface area (Å²) in [5, 5.41) is 0. The van der Waals surface area contributed by atoms with E-state index in [-0.39, 0.29) is 11.9 Å². The van der Waals surface area contributed by atoms with Crippen LogP contribution in [-0.4, -0.2) is 0 Å². The highest BCUT2D eigenvalue weighted by Gasteiger charge is 2.12. The van der Waals surface area contributed by atoms with Gasteiger partial charge in [0.1, 0.15) is 5.82 Å². The molecule has 0 aliphatic rings. The van der Waals surface area contributed by atoms with E-state index >= 15 is 0 Å². The molecule has 2 aromatic carbocycles. The third-order valence-electron chi connectivity index (χ3n) is 3.46. The molecule has 0 aliphatic carbocycles. The molecule has 0 aliphatic heterocycles. The minimum atomic E-state index is -0.256. The minimum absolute atomic E-state index is 0.218. The van der Waals surface area contributed by atoms with Crippen molar-refractivity contribution in [2.24, 2.45) is 5.73 Å². The molecule has 0 amide bonds. The summed E-state index contributed by atoms with van der Waals surface area (Å²) in [5.41, 5.74) is 9.48. The van der Waals surface area contributed by atoms with Crippen molar-refractivity contribution >= 4 is 15.9 Å². The topological polar surface area (TPSA) is 26.0 Å². The van der Waals surface area contributed by atoms with Crippen LogP contribution in [0.3, 0.4) is 0 Å². The van der Waals surface area contributed by atoms with Crippen LogP contribution in [0.25, 0.3) is 0 Å². The van der Waals surface area contributed by atoms with Crippen LogP contribution in [0.5, 0.6) is 0 Å². The summed E-state index contributed by atoms with van der Waals surface area (Å²) >= 11 is 3.43. The molecule has 0 spiro atoms. The molecular formula is C17H19BrFN. The van der Waals surface area contributed by atoms with Crippen molar-refractivity contribution in [2.75, 3.05) is 0 Å². The van der Waals surface area contributed by atoms with Crippen molar-refractivity contribution < 1.29 is 4.39 Å². The van der Waals surface area contributed by atoms with E-state index in [9.17, 15) is 4.39 Å². The van der Waals surface area contributed by atoms with E-state index in [1.807, 2.05) is 0 Å². The van der Waals surface area contributed by atoms with Gasteiger partial charge in [0.05, 0.1) is 0 Å². The smallest absolute Gasteiger partial charge is 0.123 e. The summed E-state index contributed by atoms with van der Waals surface area (Å²) in [7, 11) is 0. The van der Waals surface area contributed by atoms with Crippen LogP contribution in [0.15, 0.2) is 46.9 Å². The predicted molar refractivity (Wildman–Crippen MR) is 85.3 cm³/mol. The van der Waals surface area contributed by atoms with Crippen molar-refractivity contribution in [3.05, 3.63) is 69.4 Å². The molecule has 0 saturated heterocycles. The van der Waals surface area contributed by atoms with Gasteiger partial charge in [0.25, 0.3) is 0 Å². The van der Waals surface area contributed by atoms with Crippen LogP contribution in [0.1, 0.15) is 42.5 Å². The SMILES string of the molecule is CC(C)c1ccc(CC(N)c2cc(F)ccc2Br)cc1. The third kappa shape index (κ3) is 3.68. The van der Waals surface area contributed by atoms with E-state index in [0.29, 0.717) is 12.3 Å². The third-order valence-corrected chi connectivity index (χ3v) is 4.18. The standard InChI is InChI=1S/C17H19BrFN/c1-11(2)13-5-3-12(4-6-13)9-17(20)15-10-14(19)7-8-16(15)18/h3-8,10-11,17H,9,20H2,1-2H3. The average Bonchev–Trinajstić information content (AvgIpc) is 2.42. The Morgan fingerprint density at radius 2 is 1.75 bits per heavy atom. The van der Waals surface area contributed by atoms with E-state index in [1.165, 1.54) is 17.7 Å². The number of hydrogen-bond donors (Lipinski definition) is 1. The van der Waals surface area contributed by atoms with Gasteiger partial charge in [0.15, 0.2) is 0 Å². The van der Waals surface area contributed by atoms with Crippen LogP contribution in [-0.2, 0) is 6.42 Å². The first-order valence-electron chi connectivity index (χ1n) is 6.76. The lowest BCUT2D eigenvalue weighted by molar-refractivity contribution is 0.617. The van der Waals surface area contributed by atoms with Gasteiger partial charge in [-0.3, -0.25) is 0 Å². The summed E-state index contributed by atoms with van der Waals surface area (Å²) in [6, 6.07) is 12.9. The second-order valence-corrected chi connectivity index (χ2v) is 6.23. The first-order valence-corrected chi connectivity index (χ1v) is 7.56. The molecule has 0 fully saturated rings. The molecule has 0 bridgehead atoms. The summed E-state index contributed by atoms with van der Waals surface area (Å²) in [5.74, 6) is 0.267. The Labute approximate surface area is 128 Å². The number of hydrogen-bond acceptors (Lipinski definition) is 1. The Balaban J connectivity index is 2.14. The van der Waals surface area contributed by atoms with Gasteiger partial charge < -0.3 is 5.73 Å². The summed E-state index contributed by atoms with van der Waals surface area (Å²) < 4.78 is 14.2. The van der Waals surface area contributed by atoms with E-state index in [2.05, 4.69) is 54.0 Å². The molecule has 106 valence electrons. The normalized spacial score (nSPS) is 12.7. The molecule has 1 atom stereocenters.